The Balaban J connectivity index is 1.07. The summed E-state index contributed by atoms with van der Waals surface area (Å²) in [5.41, 5.74) is 18.1. The van der Waals surface area contributed by atoms with E-state index in [0.717, 1.165) is 33.9 Å². The van der Waals surface area contributed by atoms with Crippen molar-refractivity contribution in [3.05, 3.63) is 192 Å². The van der Waals surface area contributed by atoms with Crippen LogP contribution in [0.2, 0.25) is 0 Å². The molecule has 2 nitrogen and oxygen atoms in total. The molecule has 1 heterocycles. The number of rotatable bonds is 4. The van der Waals surface area contributed by atoms with Gasteiger partial charge in [0.1, 0.15) is 0 Å². The van der Waals surface area contributed by atoms with Crippen molar-refractivity contribution >= 4 is 21.5 Å². The average Bonchev–Trinajstić information content (AvgIpc) is 3.62. The monoisotopic (exact) mass is 716 g/mol. The molecule has 0 unspecified atom stereocenters. The highest BCUT2D eigenvalue weighted by Gasteiger charge is 2.37. The molecule has 0 fully saturated rings. The number of hydrogen-bond acceptors (Lipinski definition) is 2. The first kappa shape index (κ1) is 32.8. The third-order valence-electron chi connectivity index (χ3n) is 12.7. The molecule has 0 radical (unpaired) electrons. The van der Waals surface area contributed by atoms with Gasteiger partial charge in [0.25, 0.3) is 0 Å². The maximum absolute atomic E-state index is 5.29. The Bertz CT molecular complexity index is 3080. The second-order valence-corrected chi connectivity index (χ2v) is 16.6. The summed E-state index contributed by atoms with van der Waals surface area (Å²) in [6, 6.07) is 62.1. The fourth-order valence-electron chi connectivity index (χ4n) is 9.87. The lowest BCUT2D eigenvalue weighted by Crippen LogP contribution is -2.15. The van der Waals surface area contributed by atoms with Gasteiger partial charge in [0.05, 0.1) is 11.4 Å². The van der Waals surface area contributed by atoms with E-state index in [1.807, 2.05) is 6.07 Å². The Morgan fingerprint density at radius 1 is 0.339 bits per heavy atom. The minimum atomic E-state index is -0.102. The van der Waals surface area contributed by atoms with Crippen LogP contribution in [0.4, 0.5) is 0 Å². The van der Waals surface area contributed by atoms with Gasteiger partial charge in [0.15, 0.2) is 5.82 Å². The predicted octanol–water partition coefficient (Wildman–Crippen LogP) is 14.1. The molecule has 11 rings (SSSR count). The van der Waals surface area contributed by atoms with E-state index in [-0.39, 0.29) is 10.8 Å². The molecule has 0 saturated carbocycles. The van der Waals surface area contributed by atoms with Crippen LogP contribution in [-0.4, -0.2) is 9.97 Å². The van der Waals surface area contributed by atoms with Crippen molar-refractivity contribution in [2.24, 2.45) is 0 Å². The lowest BCUT2D eigenvalue weighted by atomic mass is 9.80. The highest BCUT2D eigenvalue weighted by atomic mass is 14.9. The quantitative estimate of drug-likeness (QED) is 0.181. The first-order chi connectivity index (χ1) is 27.3. The van der Waals surface area contributed by atoms with Crippen LogP contribution in [0, 0.1) is 0 Å². The summed E-state index contributed by atoms with van der Waals surface area (Å²) >= 11 is 0. The van der Waals surface area contributed by atoms with Crippen LogP contribution in [-0.2, 0) is 10.8 Å². The zero-order valence-electron chi connectivity index (χ0n) is 32.1. The maximum atomic E-state index is 5.29. The fraction of sp³-hybridized carbons (Fsp3) is 0.111. The predicted molar refractivity (Wildman–Crippen MR) is 234 cm³/mol. The van der Waals surface area contributed by atoms with Gasteiger partial charge in [-0.2, -0.15) is 0 Å². The summed E-state index contributed by atoms with van der Waals surface area (Å²) in [6.45, 7) is 9.41. The second kappa shape index (κ2) is 11.9. The number of nitrogens with zero attached hydrogens (tertiary/aromatic N) is 2. The highest BCUT2D eigenvalue weighted by Crippen LogP contribution is 2.53. The van der Waals surface area contributed by atoms with Crippen LogP contribution in [0.3, 0.4) is 0 Å². The molecule has 56 heavy (non-hydrogen) atoms. The van der Waals surface area contributed by atoms with Crippen LogP contribution in [0.15, 0.2) is 170 Å². The van der Waals surface area contributed by atoms with E-state index in [4.69, 9.17) is 9.97 Å². The van der Waals surface area contributed by atoms with Gasteiger partial charge in [-0.25, -0.2) is 9.97 Å². The smallest absolute Gasteiger partial charge is 0.160 e. The Hall–Kier alpha value is -6.64. The van der Waals surface area contributed by atoms with E-state index in [0.29, 0.717) is 0 Å². The summed E-state index contributed by atoms with van der Waals surface area (Å²) in [4.78, 5) is 10.5. The van der Waals surface area contributed by atoms with Crippen LogP contribution in [0.25, 0.3) is 88.8 Å². The molecule has 0 atom stereocenters. The molecule has 0 N–H and O–H groups in total. The van der Waals surface area contributed by atoms with Gasteiger partial charge in [-0.3, -0.25) is 0 Å². The van der Waals surface area contributed by atoms with Crippen molar-refractivity contribution in [1.82, 2.24) is 9.97 Å². The van der Waals surface area contributed by atoms with Crippen LogP contribution < -0.4 is 0 Å². The van der Waals surface area contributed by atoms with Crippen molar-refractivity contribution < 1.29 is 0 Å². The topological polar surface area (TPSA) is 25.8 Å². The van der Waals surface area contributed by atoms with Crippen molar-refractivity contribution in [3.63, 3.8) is 0 Å². The van der Waals surface area contributed by atoms with Gasteiger partial charge in [-0.1, -0.05) is 179 Å². The maximum Gasteiger partial charge on any atom is 0.160 e. The Labute approximate surface area is 328 Å². The standard InChI is InChI=1S/C54H40N2/c1-53(2)46-21-13-12-20-41(46)42-25-23-36(31-48(42)53)49-32-50(56-52(55-49)34-15-6-5-7-16-34)43-28-27-37(39-18-10-11-19-40(39)43)35-24-29-47-45(30-35)44-26-22-33-14-8-9-17-38(33)51(44)54(47,3)4/h5-32H,1-4H3. The van der Waals surface area contributed by atoms with Gasteiger partial charge >= 0.3 is 0 Å². The lowest BCUT2D eigenvalue weighted by Gasteiger charge is -2.23. The van der Waals surface area contributed by atoms with E-state index in [9.17, 15) is 0 Å². The summed E-state index contributed by atoms with van der Waals surface area (Å²) in [5, 5.41) is 5.02. The molecule has 0 amide bonds. The van der Waals surface area contributed by atoms with Gasteiger partial charge < -0.3 is 0 Å². The highest BCUT2D eigenvalue weighted by molar-refractivity contribution is 6.06. The molecule has 266 valence electrons. The molecule has 2 aliphatic rings. The van der Waals surface area contributed by atoms with Crippen LogP contribution >= 0.6 is 0 Å². The third kappa shape index (κ3) is 4.75. The molecule has 0 saturated heterocycles. The van der Waals surface area contributed by atoms with Gasteiger partial charge in [-0.15, -0.1) is 0 Å². The first-order valence-electron chi connectivity index (χ1n) is 19.7. The molecule has 0 aliphatic heterocycles. The minimum Gasteiger partial charge on any atom is -0.228 e. The molecule has 2 heteroatoms. The van der Waals surface area contributed by atoms with E-state index in [1.165, 1.54) is 77.2 Å². The largest absolute Gasteiger partial charge is 0.228 e. The number of hydrogen-bond donors (Lipinski definition) is 0. The van der Waals surface area contributed by atoms with Crippen molar-refractivity contribution in [2.75, 3.05) is 0 Å². The van der Waals surface area contributed by atoms with E-state index < -0.39 is 0 Å². The SMILES string of the molecule is CC1(C)c2ccccc2-c2ccc(-c3cc(-c4ccc(-c5ccc6c(c5)-c5ccc7ccccc7c5C6(C)C)c5ccccc45)nc(-c4ccccc4)n3)cc21. The normalized spacial score (nSPS) is 14.4. The fourth-order valence-corrected chi connectivity index (χ4v) is 9.87. The molecular weight excluding hydrogens is 677 g/mol. The second-order valence-electron chi connectivity index (χ2n) is 16.6. The third-order valence-corrected chi connectivity index (χ3v) is 12.7. The van der Waals surface area contributed by atoms with E-state index >= 15 is 0 Å². The number of benzene rings is 8. The first-order valence-corrected chi connectivity index (χ1v) is 19.7. The van der Waals surface area contributed by atoms with E-state index in [2.05, 4.69) is 191 Å². The average molecular weight is 717 g/mol. The molecule has 1 aromatic heterocycles. The van der Waals surface area contributed by atoms with E-state index in [1.54, 1.807) is 0 Å². The summed E-state index contributed by atoms with van der Waals surface area (Å²) < 4.78 is 0. The molecule has 2 aliphatic carbocycles. The molecule has 0 bridgehead atoms. The Kier molecular flexibility index (Phi) is 6.98. The number of fused-ring (bicyclic) bond motifs is 9. The van der Waals surface area contributed by atoms with Crippen molar-refractivity contribution in [1.29, 1.82) is 0 Å². The Morgan fingerprint density at radius 3 is 1.79 bits per heavy atom. The molecular formula is C54H40N2. The van der Waals surface area contributed by atoms with Crippen LogP contribution in [0.5, 0.6) is 0 Å². The summed E-state index contributed by atoms with van der Waals surface area (Å²) in [5.74, 6) is 0.724. The Morgan fingerprint density at radius 2 is 0.946 bits per heavy atom. The van der Waals surface area contributed by atoms with Gasteiger partial charge in [0.2, 0.25) is 0 Å². The van der Waals surface area contributed by atoms with Crippen molar-refractivity contribution in [2.45, 2.75) is 38.5 Å². The van der Waals surface area contributed by atoms with Gasteiger partial charge in [0, 0.05) is 27.5 Å². The lowest BCUT2D eigenvalue weighted by molar-refractivity contribution is 0.660. The molecule has 0 spiro atoms. The molecule has 9 aromatic rings. The number of aromatic nitrogens is 2. The van der Waals surface area contributed by atoms with Crippen LogP contribution in [0.1, 0.15) is 49.9 Å². The summed E-state index contributed by atoms with van der Waals surface area (Å²) in [6.07, 6.45) is 0. The zero-order chi connectivity index (χ0) is 37.8. The minimum absolute atomic E-state index is 0.0876. The zero-order valence-corrected chi connectivity index (χ0v) is 32.1. The summed E-state index contributed by atoms with van der Waals surface area (Å²) in [7, 11) is 0. The van der Waals surface area contributed by atoms with Crippen molar-refractivity contribution in [3.8, 4) is 67.3 Å². The molecule has 8 aromatic carbocycles. The van der Waals surface area contributed by atoms with Gasteiger partial charge in [-0.05, 0) is 95.4 Å².